The molecule has 0 fully saturated rings. The number of aliphatic imine (C=N–C) groups is 2. The number of guanidine groups is 2. The zero-order chi connectivity index (χ0) is 11.8. The van der Waals surface area contributed by atoms with Crippen molar-refractivity contribution in [1.29, 1.82) is 0 Å². The lowest BCUT2D eigenvalue weighted by atomic mass is 10.1. The number of ketones is 1. The molecule has 0 aromatic carbocycles. The Morgan fingerprint density at radius 2 is 1.80 bits per heavy atom. The summed E-state index contributed by atoms with van der Waals surface area (Å²) in [7, 11) is 0. The van der Waals surface area contributed by atoms with Crippen molar-refractivity contribution in [1.82, 2.24) is 0 Å². The second-order valence-corrected chi connectivity index (χ2v) is 3.13. The molecule has 0 saturated heterocycles. The van der Waals surface area contributed by atoms with E-state index < -0.39 is 6.04 Å². The molecule has 8 N–H and O–H groups in total. The first kappa shape index (κ1) is 13.2. The van der Waals surface area contributed by atoms with Crippen LogP contribution >= 0.6 is 0 Å². The molecule has 0 heterocycles. The minimum atomic E-state index is -0.496. The van der Waals surface area contributed by atoms with Gasteiger partial charge in [-0.2, -0.15) is 0 Å². The summed E-state index contributed by atoms with van der Waals surface area (Å²) in [5.41, 5.74) is 20.7. The van der Waals surface area contributed by atoms with Crippen LogP contribution in [0.1, 0.15) is 19.8 Å². The lowest BCUT2D eigenvalue weighted by Crippen LogP contribution is -2.28. The number of Topliss-reactive ketones (excluding diaryl/α,β-unsaturated/α-hetero) is 1. The molecule has 15 heavy (non-hydrogen) atoms. The third kappa shape index (κ3) is 7.29. The summed E-state index contributed by atoms with van der Waals surface area (Å²) in [6.07, 6.45) is 1.18. The monoisotopic (exact) mass is 214 g/mol. The number of hydrogen-bond donors (Lipinski definition) is 4. The van der Waals surface area contributed by atoms with Gasteiger partial charge in [-0.25, -0.2) is 4.99 Å². The van der Waals surface area contributed by atoms with Crippen LogP contribution in [-0.4, -0.2) is 30.3 Å². The van der Waals surface area contributed by atoms with Crippen molar-refractivity contribution >= 4 is 17.7 Å². The summed E-state index contributed by atoms with van der Waals surface area (Å²) in [5, 5.41) is 0. The largest absolute Gasteiger partial charge is 0.370 e. The standard InChI is InChI=1S/C8H18N6O/c1-5(15)6(14-8(11)12)3-2-4-13-7(9)10/h6H,2-4H2,1H3,(H4,9,10,13)(H4,11,12,14). The van der Waals surface area contributed by atoms with Gasteiger partial charge in [0.05, 0.1) is 0 Å². The Morgan fingerprint density at radius 3 is 2.20 bits per heavy atom. The SMILES string of the molecule is CC(=O)C(CCCN=C(N)N)N=C(N)N. The van der Waals surface area contributed by atoms with Crippen LogP contribution in [0.4, 0.5) is 0 Å². The van der Waals surface area contributed by atoms with Crippen LogP contribution in [0, 0.1) is 0 Å². The number of nitrogens with two attached hydrogens (primary N) is 4. The van der Waals surface area contributed by atoms with E-state index in [0.29, 0.717) is 19.4 Å². The van der Waals surface area contributed by atoms with Gasteiger partial charge in [0.2, 0.25) is 0 Å². The van der Waals surface area contributed by atoms with E-state index >= 15 is 0 Å². The molecule has 0 amide bonds. The van der Waals surface area contributed by atoms with E-state index in [1.807, 2.05) is 0 Å². The van der Waals surface area contributed by atoms with Crippen molar-refractivity contribution < 1.29 is 4.79 Å². The van der Waals surface area contributed by atoms with Crippen molar-refractivity contribution in [3.05, 3.63) is 0 Å². The van der Waals surface area contributed by atoms with Crippen LogP contribution in [-0.2, 0) is 4.79 Å². The van der Waals surface area contributed by atoms with Gasteiger partial charge in [0.15, 0.2) is 17.7 Å². The second-order valence-electron chi connectivity index (χ2n) is 3.13. The maximum absolute atomic E-state index is 11.1. The zero-order valence-corrected chi connectivity index (χ0v) is 8.81. The molecule has 0 saturated carbocycles. The van der Waals surface area contributed by atoms with E-state index in [-0.39, 0.29) is 17.7 Å². The van der Waals surface area contributed by atoms with Gasteiger partial charge >= 0.3 is 0 Å². The van der Waals surface area contributed by atoms with Crippen LogP contribution in [0.5, 0.6) is 0 Å². The molecule has 7 heteroatoms. The molecule has 0 aliphatic rings. The Balaban J connectivity index is 4.04. The number of nitrogens with zero attached hydrogens (tertiary/aromatic N) is 2. The van der Waals surface area contributed by atoms with Crippen LogP contribution in [0.25, 0.3) is 0 Å². The average Bonchev–Trinajstić information content (AvgIpc) is 2.08. The molecule has 0 bridgehead atoms. The molecule has 86 valence electrons. The summed E-state index contributed by atoms with van der Waals surface area (Å²) >= 11 is 0. The fourth-order valence-corrected chi connectivity index (χ4v) is 1.03. The molecule has 0 aliphatic carbocycles. The predicted molar refractivity (Wildman–Crippen MR) is 60.2 cm³/mol. The minimum Gasteiger partial charge on any atom is -0.370 e. The normalized spacial score (nSPS) is 11.5. The lowest BCUT2D eigenvalue weighted by Gasteiger charge is -2.07. The number of carbonyl (C=O) groups excluding carboxylic acids is 1. The first-order valence-corrected chi connectivity index (χ1v) is 4.58. The topological polar surface area (TPSA) is 146 Å². The third-order valence-corrected chi connectivity index (χ3v) is 1.70. The molecule has 7 nitrogen and oxygen atoms in total. The van der Waals surface area contributed by atoms with Crippen LogP contribution < -0.4 is 22.9 Å². The highest BCUT2D eigenvalue weighted by atomic mass is 16.1. The Bertz CT molecular complexity index is 264. The van der Waals surface area contributed by atoms with Crippen molar-refractivity contribution in [2.24, 2.45) is 32.9 Å². The quantitative estimate of drug-likeness (QED) is 0.236. The van der Waals surface area contributed by atoms with E-state index in [1.165, 1.54) is 6.92 Å². The van der Waals surface area contributed by atoms with Crippen molar-refractivity contribution in [2.75, 3.05) is 6.54 Å². The highest BCUT2D eigenvalue weighted by Crippen LogP contribution is 2.03. The van der Waals surface area contributed by atoms with E-state index in [2.05, 4.69) is 9.98 Å². The Kier molecular flexibility index (Phi) is 5.84. The number of carbonyl (C=O) groups is 1. The van der Waals surface area contributed by atoms with Gasteiger partial charge in [-0.15, -0.1) is 0 Å². The number of rotatable bonds is 6. The van der Waals surface area contributed by atoms with E-state index in [4.69, 9.17) is 22.9 Å². The average molecular weight is 214 g/mol. The predicted octanol–water partition coefficient (Wildman–Crippen LogP) is -1.73. The first-order valence-electron chi connectivity index (χ1n) is 4.58. The van der Waals surface area contributed by atoms with Crippen LogP contribution in [0.3, 0.4) is 0 Å². The third-order valence-electron chi connectivity index (χ3n) is 1.70. The molecule has 1 atom stereocenters. The lowest BCUT2D eigenvalue weighted by molar-refractivity contribution is -0.118. The Hall–Kier alpha value is -1.79. The van der Waals surface area contributed by atoms with Gasteiger partial charge in [0.25, 0.3) is 0 Å². The van der Waals surface area contributed by atoms with Gasteiger partial charge in [-0.1, -0.05) is 0 Å². The summed E-state index contributed by atoms with van der Waals surface area (Å²) in [6, 6.07) is -0.496. The summed E-state index contributed by atoms with van der Waals surface area (Å²) in [5.74, 6) is -0.124. The van der Waals surface area contributed by atoms with Gasteiger partial charge < -0.3 is 22.9 Å². The molecular weight excluding hydrogens is 196 g/mol. The van der Waals surface area contributed by atoms with Gasteiger partial charge in [0.1, 0.15) is 6.04 Å². The Labute approximate surface area is 88.6 Å². The molecule has 0 spiro atoms. The number of hydrogen-bond acceptors (Lipinski definition) is 3. The summed E-state index contributed by atoms with van der Waals surface area (Å²) in [4.78, 5) is 18.7. The Morgan fingerprint density at radius 1 is 1.20 bits per heavy atom. The minimum absolute atomic E-state index is 0.0382. The van der Waals surface area contributed by atoms with E-state index in [1.54, 1.807) is 0 Å². The highest BCUT2D eigenvalue weighted by Gasteiger charge is 2.11. The maximum Gasteiger partial charge on any atom is 0.186 e. The summed E-state index contributed by atoms with van der Waals surface area (Å²) in [6.45, 7) is 1.91. The van der Waals surface area contributed by atoms with E-state index in [0.717, 1.165) is 0 Å². The molecular formula is C8H18N6O. The molecule has 0 aromatic rings. The maximum atomic E-state index is 11.1. The van der Waals surface area contributed by atoms with Gasteiger partial charge in [0, 0.05) is 6.54 Å². The van der Waals surface area contributed by atoms with Crippen molar-refractivity contribution in [3.8, 4) is 0 Å². The van der Waals surface area contributed by atoms with Crippen molar-refractivity contribution in [2.45, 2.75) is 25.8 Å². The highest BCUT2D eigenvalue weighted by molar-refractivity contribution is 5.85. The van der Waals surface area contributed by atoms with Crippen LogP contribution in [0.15, 0.2) is 9.98 Å². The molecule has 0 rings (SSSR count). The van der Waals surface area contributed by atoms with Crippen LogP contribution in [0.2, 0.25) is 0 Å². The molecule has 0 aliphatic heterocycles. The van der Waals surface area contributed by atoms with Gasteiger partial charge in [-0.05, 0) is 19.8 Å². The fraction of sp³-hybridized carbons (Fsp3) is 0.625. The summed E-state index contributed by atoms with van der Waals surface area (Å²) < 4.78 is 0. The molecule has 0 radical (unpaired) electrons. The second kappa shape index (κ2) is 6.63. The molecule has 0 aromatic heterocycles. The fourth-order valence-electron chi connectivity index (χ4n) is 1.03. The van der Waals surface area contributed by atoms with Crippen molar-refractivity contribution in [3.63, 3.8) is 0 Å². The van der Waals surface area contributed by atoms with E-state index in [9.17, 15) is 4.79 Å². The first-order chi connectivity index (χ1) is 6.93. The smallest absolute Gasteiger partial charge is 0.186 e. The van der Waals surface area contributed by atoms with Gasteiger partial charge in [-0.3, -0.25) is 9.79 Å². The zero-order valence-electron chi connectivity index (χ0n) is 8.81. The molecule has 1 unspecified atom stereocenters.